The van der Waals surface area contributed by atoms with Crippen LogP contribution in [-0.2, 0) is 27.2 Å². The second-order valence-electron chi connectivity index (χ2n) is 7.72. The van der Waals surface area contributed by atoms with Gasteiger partial charge in [-0.05, 0) is 71.6 Å². The van der Waals surface area contributed by atoms with E-state index in [2.05, 4.69) is 10.2 Å². The van der Waals surface area contributed by atoms with E-state index in [1.54, 1.807) is 18.2 Å². The molecule has 4 rings (SSSR count). The number of ether oxygens (including phenoxy) is 2. The van der Waals surface area contributed by atoms with Gasteiger partial charge in [-0.15, -0.1) is 0 Å². The predicted octanol–water partition coefficient (Wildman–Crippen LogP) is 5.24. The van der Waals surface area contributed by atoms with Crippen LogP contribution in [0.2, 0.25) is 5.02 Å². The van der Waals surface area contributed by atoms with Gasteiger partial charge in [0.2, 0.25) is 5.91 Å². The van der Waals surface area contributed by atoms with E-state index < -0.39 is 12.0 Å². The number of carbonyl (C=O) groups excluding carboxylic acids is 2. The minimum Gasteiger partial charge on any atom is -0.468 e. The van der Waals surface area contributed by atoms with Crippen molar-refractivity contribution in [1.82, 2.24) is 4.84 Å². The summed E-state index contributed by atoms with van der Waals surface area (Å²) in [6.07, 6.45) is 0.890. The number of halogens is 2. The maximum Gasteiger partial charge on any atom is 0.324 e. The highest BCUT2D eigenvalue weighted by atomic mass is 35.5. The smallest absolute Gasteiger partial charge is 0.324 e. The van der Waals surface area contributed by atoms with Crippen LogP contribution in [0.3, 0.4) is 0 Å². The first kappa shape index (κ1) is 23.1. The SMILES string of the molecule is COC(=O)[C@@H](Cc1ccc(Oc2ccc(CC3C(=O)Nc4ccccc43)c(Cl)c2)cc1)NCl. The number of methoxy groups -OCH3 is 1. The fourth-order valence-corrected chi connectivity index (χ4v) is 4.24. The number of fused-ring (bicyclic) bond motifs is 1. The Morgan fingerprint density at radius 1 is 1.09 bits per heavy atom. The van der Waals surface area contributed by atoms with Crippen molar-refractivity contribution in [3.63, 3.8) is 0 Å². The monoisotopic (exact) mass is 484 g/mol. The number of nitrogens with one attached hydrogen (secondary N) is 2. The van der Waals surface area contributed by atoms with Crippen molar-refractivity contribution in [3.8, 4) is 11.5 Å². The highest BCUT2D eigenvalue weighted by Gasteiger charge is 2.30. The highest BCUT2D eigenvalue weighted by molar-refractivity contribution is 6.31. The molecule has 1 amide bonds. The number of esters is 1. The number of anilines is 1. The number of hydrogen-bond acceptors (Lipinski definition) is 5. The summed E-state index contributed by atoms with van der Waals surface area (Å²) in [6.45, 7) is 0. The van der Waals surface area contributed by atoms with E-state index >= 15 is 0 Å². The molecule has 0 fully saturated rings. The van der Waals surface area contributed by atoms with Gasteiger partial charge in [0.15, 0.2) is 0 Å². The summed E-state index contributed by atoms with van der Waals surface area (Å²) in [7, 11) is 1.32. The van der Waals surface area contributed by atoms with Gasteiger partial charge in [-0.25, -0.2) is 4.84 Å². The predicted molar refractivity (Wildman–Crippen MR) is 128 cm³/mol. The van der Waals surface area contributed by atoms with Crippen molar-refractivity contribution in [1.29, 1.82) is 0 Å². The van der Waals surface area contributed by atoms with Crippen LogP contribution < -0.4 is 14.9 Å². The summed E-state index contributed by atoms with van der Waals surface area (Å²) in [6, 6.07) is 19.8. The van der Waals surface area contributed by atoms with E-state index in [1.807, 2.05) is 48.5 Å². The molecule has 0 radical (unpaired) electrons. The largest absolute Gasteiger partial charge is 0.468 e. The molecule has 2 N–H and O–H groups in total. The molecule has 3 aromatic carbocycles. The van der Waals surface area contributed by atoms with Gasteiger partial charge < -0.3 is 14.8 Å². The number of amides is 1. The molecule has 0 bridgehead atoms. The molecule has 170 valence electrons. The number of hydrogen-bond donors (Lipinski definition) is 2. The lowest BCUT2D eigenvalue weighted by atomic mass is 9.93. The Morgan fingerprint density at radius 3 is 2.52 bits per heavy atom. The zero-order valence-corrected chi connectivity index (χ0v) is 19.3. The van der Waals surface area contributed by atoms with Crippen molar-refractivity contribution < 1.29 is 19.1 Å². The minimum atomic E-state index is -0.635. The fourth-order valence-electron chi connectivity index (χ4n) is 3.83. The van der Waals surface area contributed by atoms with Gasteiger partial charge in [0, 0.05) is 10.7 Å². The van der Waals surface area contributed by atoms with Crippen molar-refractivity contribution in [2.45, 2.75) is 24.8 Å². The third-order valence-electron chi connectivity index (χ3n) is 5.58. The third-order valence-corrected chi connectivity index (χ3v) is 6.19. The van der Waals surface area contributed by atoms with E-state index in [4.69, 9.17) is 32.9 Å². The summed E-state index contributed by atoms with van der Waals surface area (Å²) in [5, 5.41) is 3.45. The normalized spacial score (nSPS) is 15.5. The van der Waals surface area contributed by atoms with Crippen LogP contribution in [0.25, 0.3) is 0 Å². The Bertz CT molecular complexity index is 1170. The van der Waals surface area contributed by atoms with Crippen molar-refractivity contribution in [2.75, 3.05) is 12.4 Å². The second-order valence-corrected chi connectivity index (χ2v) is 8.35. The molecule has 0 saturated heterocycles. The standard InChI is InChI=1S/C25H22Cl2N2O4/c1-32-25(31)23(29-27)12-15-6-9-17(10-7-15)33-18-11-8-16(21(26)14-18)13-20-19-4-2-3-5-22(19)28-24(20)30/h2-11,14,20,23,29H,12-13H2,1H3,(H,28,30)/t20?,23-/m1/s1. The van der Waals surface area contributed by atoms with Crippen molar-refractivity contribution >= 4 is 40.9 Å². The maximum absolute atomic E-state index is 12.4. The number of rotatable bonds is 8. The van der Waals surface area contributed by atoms with Gasteiger partial charge in [0.1, 0.15) is 17.5 Å². The van der Waals surface area contributed by atoms with Crippen LogP contribution in [0.4, 0.5) is 5.69 Å². The highest BCUT2D eigenvalue weighted by Crippen LogP contribution is 2.36. The molecular formula is C25H22Cl2N2O4. The average Bonchev–Trinajstić information content (AvgIpc) is 3.14. The molecular weight excluding hydrogens is 463 g/mol. The van der Waals surface area contributed by atoms with Gasteiger partial charge >= 0.3 is 5.97 Å². The molecule has 1 unspecified atom stereocenters. The van der Waals surface area contributed by atoms with Gasteiger partial charge in [-0.1, -0.05) is 48.0 Å². The molecule has 0 spiro atoms. The maximum atomic E-state index is 12.4. The number of benzene rings is 3. The summed E-state index contributed by atoms with van der Waals surface area (Å²) in [5.41, 5.74) is 3.61. The lowest BCUT2D eigenvalue weighted by Gasteiger charge is -2.13. The molecule has 0 aromatic heterocycles. The lowest BCUT2D eigenvalue weighted by molar-refractivity contribution is -0.142. The topological polar surface area (TPSA) is 76.7 Å². The summed E-state index contributed by atoms with van der Waals surface area (Å²) in [5.74, 6) is 0.488. The minimum absolute atomic E-state index is 0.0218. The molecule has 2 atom stereocenters. The van der Waals surface area contributed by atoms with Gasteiger partial charge in [0.05, 0.1) is 13.0 Å². The summed E-state index contributed by atoms with van der Waals surface area (Å²) in [4.78, 5) is 26.5. The Hall–Kier alpha value is -3.06. The summed E-state index contributed by atoms with van der Waals surface area (Å²) >= 11 is 12.1. The molecule has 1 heterocycles. The van der Waals surface area contributed by atoms with E-state index in [0.717, 1.165) is 22.4 Å². The van der Waals surface area contributed by atoms with Crippen molar-refractivity contribution in [3.05, 3.63) is 88.4 Å². The van der Waals surface area contributed by atoms with Crippen LogP contribution in [0.5, 0.6) is 11.5 Å². The Balaban J connectivity index is 1.41. The zero-order valence-electron chi connectivity index (χ0n) is 17.8. The van der Waals surface area contributed by atoms with E-state index in [0.29, 0.717) is 29.4 Å². The van der Waals surface area contributed by atoms with E-state index in [9.17, 15) is 9.59 Å². The van der Waals surface area contributed by atoms with Crippen LogP contribution in [0.1, 0.15) is 22.6 Å². The van der Waals surface area contributed by atoms with E-state index in [1.165, 1.54) is 7.11 Å². The number of para-hydroxylation sites is 1. The van der Waals surface area contributed by atoms with Gasteiger partial charge in [0.25, 0.3) is 0 Å². The molecule has 33 heavy (non-hydrogen) atoms. The molecule has 8 heteroatoms. The first-order chi connectivity index (χ1) is 16.0. The first-order valence-electron chi connectivity index (χ1n) is 10.4. The second kappa shape index (κ2) is 10.3. The van der Waals surface area contributed by atoms with Crippen LogP contribution in [-0.4, -0.2) is 25.0 Å². The Kier molecular flexibility index (Phi) is 7.18. The molecule has 3 aromatic rings. The molecule has 1 aliphatic rings. The molecule has 1 aliphatic heterocycles. The van der Waals surface area contributed by atoms with Crippen molar-refractivity contribution in [2.24, 2.45) is 0 Å². The fraction of sp³-hybridized carbons (Fsp3) is 0.200. The summed E-state index contributed by atoms with van der Waals surface area (Å²) < 4.78 is 10.6. The van der Waals surface area contributed by atoms with E-state index in [-0.39, 0.29) is 11.8 Å². The van der Waals surface area contributed by atoms with Crippen LogP contribution >= 0.6 is 23.4 Å². The molecule has 0 aliphatic carbocycles. The van der Waals surface area contributed by atoms with Gasteiger partial charge in [-0.3, -0.25) is 9.59 Å². The Labute approximate surface area is 201 Å². The molecule has 0 saturated carbocycles. The Morgan fingerprint density at radius 2 is 1.82 bits per heavy atom. The zero-order chi connectivity index (χ0) is 23.4. The third kappa shape index (κ3) is 5.30. The number of carbonyl (C=O) groups is 2. The molecule has 6 nitrogen and oxygen atoms in total. The van der Waals surface area contributed by atoms with Crippen LogP contribution in [0.15, 0.2) is 66.7 Å². The van der Waals surface area contributed by atoms with Gasteiger partial charge in [-0.2, -0.15) is 0 Å². The van der Waals surface area contributed by atoms with Crippen LogP contribution in [0, 0.1) is 0 Å². The lowest BCUT2D eigenvalue weighted by Crippen LogP contribution is -2.33. The average molecular weight is 485 g/mol. The first-order valence-corrected chi connectivity index (χ1v) is 11.1. The quantitative estimate of drug-likeness (QED) is 0.337.